The van der Waals surface area contributed by atoms with Gasteiger partial charge in [0.25, 0.3) is 0 Å². The maximum Gasteiger partial charge on any atom is 0.345 e. The molecule has 0 spiro atoms. The second kappa shape index (κ2) is 6.11. The van der Waals surface area contributed by atoms with Gasteiger partial charge in [0.05, 0.1) is 12.2 Å². The highest BCUT2D eigenvalue weighted by molar-refractivity contribution is 7.20. The number of carbonyl (C=O) groups is 1. The summed E-state index contributed by atoms with van der Waals surface area (Å²) in [6, 6.07) is 7.55. The van der Waals surface area contributed by atoms with Crippen LogP contribution in [0.15, 0.2) is 36.7 Å². The van der Waals surface area contributed by atoms with Crippen molar-refractivity contribution < 1.29 is 9.90 Å². The van der Waals surface area contributed by atoms with Gasteiger partial charge in [-0.2, -0.15) is 0 Å². The monoisotopic (exact) mass is 313 g/mol. The number of aryl methyl sites for hydroxylation is 1. The molecule has 0 amide bonds. The van der Waals surface area contributed by atoms with Gasteiger partial charge in [-0.1, -0.05) is 6.92 Å². The maximum atomic E-state index is 11.1. The van der Waals surface area contributed by atoms with Crippen LogP contribution in [0, 0.1) is 0 Å². The van der Waals surface area contributed by atoms with Gasteiger partial charge in [0.15, 0.2) is 0 Å². The molecule has 0 fully saturated rings. The Morgan fingerprint density at radius 3 is 2.86 bits per heavy atom. The molecule has 0 aliphatic rings. The Hall–Kier alpha value is -2.47. The van der Waals surface area contributed by atoms with Crippen LogP contribution in [0.1, 0.15) is 27.9 Å². The Morgan fingerprint density at radius 2 is 2.09 bits per heavy atom. The molecule has 0 saturated carbocycles. The van der Waals surface area contributed by atoms with E-state index in [2.05, 4.69) is 28.3 Å². The van der Waals surface area contributed by atoms with Crippen LogP contribution in [0.5, 0.6) is 0 Å². The number of fused-ring (bicyclic) bond motifs is 1. The van der Waals surface area contributed by atoms with E-state index in [-0.39, 0.29) is 0 Å². The van der Waals surface area contributed by atoms with E-state index in [0.717, 1.165) is 22.2 Å². The molecule has 3 aromatic rings. The third kappa shape index (κ3) is 2.92. The number of rotatable bonds is 5. The molecule has 0 aromatic carbocycles. The third-order valence-corrected chi connectivity index (χ3v) is 4.47. The number of pyridine rings is 2. The third-order valence-electron chi connectivity index (χ3n) is 3.38. The first kappa shape index (κ1) is 14.5. The number of thiophene rings is 1. The maximum absolute atomic E-state index is 11.1. The molecule has 0 radical (unpaired) electrons. The number of aromatic carboxylic acids is 1. The van der Waals surface area contributed by atoms with Crippen LogP contribution >= 0.6 is 11.3 Å². The number of anilines is 1. The van der Waals surface area contributed by atoms with Gasteiger partial charge in [-0.15, -0.1) is 11.3 Å². The predicted octanol–water partition coefficient (Wildman–Crippen LogP) is 3.56. The lowest BCUT2D eigenvalue weighted by atomic mass is 10.2. The fraction of sp³-hybridized carbons (Fsp3) is 0.188. The van der Waals surface area contributed by atoms with Crippen LogP contribution in [0.3, 0.4) is 0 Å². The summed E-state index contributed by atoms with van der Waals surface area (Å²) in [6.45, 7) is 2.66. The largest absolute Gasteiger partial charge is 0.477 e. The number of carboxylic acid groups (broad SMARTS) is 1. The molecule has 2 N–H and O–H groups in total. The van der Waals surface area contributed by atoms with Gasteiger partial charge >= 0.3 is 5.97 Å². The van der Waals surface area contributed by atoms with Gasteiger partial charge in [0.1, 0.15) is 10.7 Å². The van der Waals surface area contributed by atoms with Crippen molar-refractivity contribution in [2.24, 2.45) is 0 Å². The summed E-state index contributed by atoms with van der Waals surface area (Å²) in [4.78, 5) is 20.1. The number of hydrogen-bond acceptors (Lipinski definition) is 5. The van der Waals surface area contributed by atoms with Crippen LogP contribution in [0.2, 0.25) is 0 Å². The van der Waals surface area contributed by atoms with Gasteiger partial charge < -0.3 is 10.4 Å². The minimum atomic E-state index is -0.913. The van der Waals surface area contributed by atoms with Crippen LogP contribution < -0.4 is 5.32 Å². The SMILES string of the molecule is CCc1ccnc(CNc2nccc3sc(C(=O)O)cc23)c1. The highest BCUT2D eigenvalue weighted by Crippen LogP contribution is 2.30. The molecule has 0 aliphatic heterocycles. The zero-order chi connectivity index (χ0) is 15.5. The molecule has 0 bridgehead atoms. The highest BCUT2D eigenvalue weighted by atomic mass is 32.1. The average Bonchev–Trinajstić information content (AvgIpc) is 2.98. The quantitative estimate of drug-likeness (QED) is 0.753. The van der Waals surface area contributed by atoms with Crippen LogP contribution in [0.25, 0.3) is 10.1 Å². The molecule has 3 aromatic heterocycles. The Morgan fingerprint density at radius 1 is 1.27 bits per heavy atom. The summed E-state index contributed by atoms with van der Waals surface area (Å²) >= 11 is 1.25. The van der Waals surface area contributed by atoms with Gasteiger partial charge in [-0.25, -0.2) is 9.78 Å². The first-order chi connectivity index (χ1) is 10.7. The van der Waals surface area contributed by atoms with E-state index in [9.17, 15) is 4.79 Å². The molecule has 0 atom stereocenters. The smallest absolute Gasteiger partial charge is 0.345 e. The van der Waals surface area contributed by atoms with Crippen LogP contribution in [-0.4, -0.2) is 21.0 Å². The number of carboxylic acids is 1. The zero-order valence-corrected chi connectivity index (χ0v) is 12.9. The first-order valence-corrected chi connectivity index (χ1v) is 7.78. The normalized spacial score (nSPS) is 10.8. The number of nitrogens with zero attached hydrogens (tertiary/aromatic N) is 2. The average molecular weight is 313 g/mol. The lowest BCUT2D eigenvalue weighted by molar-refractivity contribution is 0.0702. The summed E-state index contributed by atoms with van der Waals surface area (Å²) in [7, 11) is 0. The van der Waals surface area contributed by atoms with E-state index in [4.69, 9.17) is 5.11 Å². The van der Waals surface area contributed by atoms with Crippen molar-refractivity contribution in [3.05, 3.63) is 52.8 Å². The van der Waals surface area contributed by atoms with E-state index in [1.54, 1.807) is 18.5 Å². The molecule has 22 heavy (non-hydrogen) atoms. The molecule has 6 heteroatoms. The van der Waals surface area contributed by atoms with E-state index in [0.29, 0.717) is 17.2 Å². The van der Waals surface area contributed by atoms with Crippen LogP contribution in [-0.2, 0) is 13.0 Å². The van der Waals surface area contributed by atoms with Crippen molar-refractivity contribution in [3.63, 3.8) is 0 Å². The van der Waals surface area contributed by atoms with Crippen molar-refractivity contribution in [2.75, 3.05) is 5.32 Å². The summed E-state index contributed by atoms with van der Waals surface area (Å²) in [5, 5.41) is 13.2. The Kier molecular flexibility index (Phi) is 4.02. The molecule has 0 saturated heterocycles. The standard InChI is InChI=1S/C16H15N3O2S/c1-2-10-3-5-17-11(7-10)9-19-15-12-8-14(16(20)21)22-13(12)4-6-18-15/h3-8H,2,9H2,1H3,(H,18,19)(H,20,21). The van der Waals surface area contributed by atoms with E-state index >= 15 is 0 Å². The molecule has 112 valence electrons. The molecule has 5 nitrogen and oxygen atoms in total. The molecule has 3 rings (SSSR count). The van der Waals surface area contributed by atoms with E-state index < -0.39 is 5.97 Å². The summed E-state index contributed by atoms with van der Waals surface area (Å²) in [5.74, 6) is -0.227. The minimum absolute atomic E-state index is 0.317. The minimum Gasteiger partial charge on any atom is -0.477 e. The Labute approximate surface area is 131 Å². The second-order valence-corrected chi connectivity index (χ2v) is 5.93. The molecule has 3 heterocycles. The lowest BCUT2D eigenvalue weighted by Crippen LogP contribution is -2.03. The fourth-order valence-electron chi connectivity index (χ4n) is 2.23. The highest BCUT2D eigenvalue weighted by Gasteiger charge is 2.11. The number of nitrogens with one attached hydrogen (secondary N) is 1. The van der Waals surface area contributed by atoms with Crippen molar-refractivity contribution in [3.8, 4) is 0 Å². The summed E-state index contributed by atoms with van der Waals surface area (Å²) < 4.78 is 0.908. The topological polar surface area (TPSA) is 75.1 Å². The number of aromatic nitrogens is 2. The summed E-state index contributed by atoms with van der Waals surface area (Å²) in [6.07, 6.45) is 4.45. The molecular formula is C16H15N3O2S. The van der Waals surface area contributed by atoms with Crippen LogP contribution in [0.4, 0.5) is 5.82 Å². The lowest BCUT2D eigenvalue weighted by Gasteiger charge is -2.07. The van der Waals surface area contributed by atoms with Crippen molar-refractivity contribution in [1.29, 1.82) is 0 Å². The van der Waals surface area contributed by atoms with E-state index in [1.807, 2.05) is 12.1 Å². The molecule has 0 aliphatic carbocycles. The summed E-state index contributed by atoms with van der Waals surface area (Å²) in [5.41, 5.74) is 2.17. The Bertz CT molecular complexity index is 829. The van der Waals surface area contributed by atoms with Crippen molar-refractivity contribution in [1.82, 2.24) is 9.97 Å². The Balaban J connectivity index is 1.85. The zero-order valence-electron chi connectivity index (χ0n) is 12.0. The van der Waals surface area contributed by atoms with Gasteiger partial charge in [-0.3, -0.25) is 4.98 Å². The molecular weight excluding hydrogens is 298 g/mol. The fourth-order valence-corrected chi connectivity index (χ4v) is 3.12. The molecule has 0 unspecified atom stereocenters. The second-order valence-electron chi connectivity index (χ2n) is 4.85. The van der Waals surface area contributed by atoms with Gasteiger partial charge in [-0.05, 0) is 36.2 Å². The number of hydrogen-bond donors (Lipinski definition) is 2. The van der Waals surface area contributed by atoms with Gasteiger partial charge in [0, 0.05) is 22.5 Å². The van der Waals surface area contributed by atoms with Crippen molar-refractivity contribution in [2.45, 2.75) is 19.9 Å². The van der Waals surface area contributed by atoms with E-state index in [1.165, 1.54) is 16.9 Å². The predicted molar refractivity (Wildman–Crippen MR) is 87.5 cm³/mol. The van der Waals surface area contributed by atoms with Crippen molar-refractivity contribution >= 4 is 33.2 Å². The first-order valence-electron chi connectivity index (χ1n) is 6.97. The van der Waals surface area contributed by atoms with Gasteiger partial charge in [0.2, 0.25) is 0 Å².